The van der Waals surface area contributed by atoms with Crippen LogP contribution in [0.3, 0.4) is 0 Å². The number of imidazole rings is 1. The number of carbonyl (C=O) groups is 1. The highest BCUT2D eigenvalue weighted by atomic mass is 19.4. The van der Waals surface area contributed by atoms with Crippen molar-refractivity contribution in [2.45, 2.75) is 43.9 Å². The average Bonchev–Trinajstić information content (AvgIpc) is 3.21. The lowest BCUT2D eigenvalue weighted by molar-refractivity contribution is -0.140. The molecule has 2 aromatic heterocycles. The number of aromatic nitrogens is 2. The highest BCUT2D eigenvalue weighted by Crippen LogP contribution is 2.30. The van der Waals surface area contributed by atoms with E-state index < -0.39 is 11.9 Å². The fraction of sp³-hybridized carbons (Fsp3) is 0.318. The lowest BCUT2D eigenvalue weighted by atomic mass is 9.91. The molecule has 0 aliphatic heterocycles. The number of nitriles is 1. The maximum atomic E-state index is 13.0. The number of nitrogens with one attached hydrogen (secondary N) is 2. The number of carbonyl (C=O) groups excluding carboxylic acids is 1. The van der Waals surface area contributed by atoms with Gasteiger partial charge in [0.05, 0.1) is 11.6 Å². The first-order valence-electron chi connectivity index (χ1n) is 9.96. The molecule has 0 saturated heterocycles. The quantitative estimate of drug-likeness (QED) is 0.648. The molecule has 0 spiro atoms. The second-order valence-electron chi connectivity index (χ2n) is 7.62. The summed E-state index contributed by atoms with van der Waals surface area (Å²) >= 11 is 0. The summed E-state index contributed by atoms with van der Waals surface area (Å²) in [6.07, 6.45) is -0.476. The summed E-state index contributed by atoms with van der Waals surface area (Å²) in [7, 11) is 0. The Bertz CT molecular complexity index is 1140. The van der Waals surface area contributed by atoms with Gasteiger partial charge in [0.1, 0.15) is 11.5 Å². The number of halogens is 3. The Kier molecular flexibility index (Phi) is 5.55. The topological polar surface area (TPSA) is 82.2 Å². The van der Waals surface area contributed by atoms with E-state index in [9.17, 15) is 18.0 Å². The average molecular weight is 427 g/mol. The van der Waals surface area contributed by atoms with Crippen molar-refractivity contribution in [3.8, 4) is 6.07 Å². The summed E-state index contributed by atoms with van der Waals surface area (Å²) in [6.45, 7) is 0. The summed E-state index contributed by atoms with van der Waals surface area (Å²) in [4.78, 5) is 16.1. The fourth-order valence-electron chi connectivity index (χ4n) is 3.85. The molecule has 0 bridgehead atoms. The molecule has 1 amide bonds. The predicted octanol–water partition coefficient (Wildman–Crippen LogP) is 4.38. The molecule has 0 radical (unpaired) electrons. The van der Waals surface area contributed by atoms with Crippen LogP contribution in [0.1, 0.15) is 47.3 Å². The monoisotopic (exact) mass is 427 g/mol. The third kappa shape index (κ3) is 4.63. The second-order valence-corrected chi connectivity index (χ2v) is 7.62. The van der Waals surface area contributed by atoms with Crippen molar-refractivity contribution in [1.29, 1.82) is 5.26 Å². The lowest BCUT2D eigenvalue weighted by Crippen LogP contribution is -2.40. The molecular formula is C22H20F3N5O. The first-order chi connectivity index (χ1) is 14.8. The summed E-state index contributed by atoms with van der Waals surface area (Å²) in [5.41, 5.74) is 0.195. The Hall–Kier alpha value is -3.54. The maximum absolute atomic E-state index is 13.0. The highest BCUT2D eigenvalue weighted by Gasteiger charge is 2.34. The summed E-state index contributed by atoms with van der Waals surface area (Å²) in [5, 5.41) is 15.3. The number of pyridine rings is 1. The Morgan fingerprint density at radius 3 is 2.52 bits per heavy atom. The van der Waals surface area contributed by atoms with Crippen molar-refractivity contribution in [2.24, 2.45) is 0 Å². The molecule has 3 aromatic rings. The molecule has 6 nitrogen and oxygen atoms in total. The van der Waals surface area contributed by atoms with Gasteiger partial charge in [-0.1, -0.05) is 12.1 Å². The number of benzene rings is 1. The van der Waals surface area contributed by atoms with Crippen LogP contribution >= 0.6 is 0 Å². The van der Waals surface area contributed by atoms with Gasteiger partial charge in [0.25, 0.3) is 5.91 Å². The van der Waals surface area contributed by atoms with Crippen molar-refractivity contribution in [3.63, 3.8) is 0 Å². The SMILES string of the molecule is N#Cc1cccc(C(=O)N[C@H]2CC[C@@H](Nc3cccc4nc(C(F)(F)F)cn34)CC2)c1. The molecule has 1 saturated carbocycles. The van der Waals surface area contributed by atoms with Crippen molar-refractivity contribution in [1.82, 2.24) is 14.7 Å². The number of amides is 1. The number of alkyl halides is 3. The Morgan fingerprint density at radius 2 is 1.81 bits per heavy atom. The fourth-order valence-corrected chi connectivity index (χ4v) is 3.85. The standard InChI is InChI=1S/C22H20F3N5O/c23-22(24,25)18-13-30-19(5-2-6-20(30)29-18)27-16-7-9-17(10-8-16)28-21(31)15-4-1-3-14(11-15)12-26/h1-6,11,13,16-17,27H,7-10H2,(H,28,31)/t16-,17+. The van der Waals surface area contributed by atoms with E-state index in [4.69, 9.17) is 5.26 Å². The van der Waals surface area contributed by atoms with Crippen LogP contribution in [-0.4, -0.2) is 27.4 Å². The van der Waals surface area contributed by atoms with Crippen LogP contribution in [0, 0.1) is 11.3 Å². The third-order valence-corrected chi connectivity index (χ3v) is 5.45. The zero-order valence-electron chi connectivity index (χ0n) is 16.5. The highest BCUT2D eigenvalue weighted by molar-refractivity contribution is 5.94. The third-order valence-electron chi connectivity index (χ3n) is 5.45. The van der Waals surface area contributed by atoms with Crippen molar-refractivity contribution >= 4 is 17.4 Å². The first-order valence-corrected chi connectivity index (χ1v) is 9.96. The predicted molar refractivity (Wildman–Crippen MR) is 108 cm³/mol. The molecule has 0 atom stereocenters. The lowest BCUT2D eigenvalue weighted by Gasteiger charge is -2.30. The second kappa shape index (κ2) is 8.30. The van der Waals surface area contributed by atoms with Crippen molar-refractivity contribution < 1.29 is 18.0 Å². The van der Waals surface area contributed by atoms with E-state index in [1.807, 2.05) is 6.07 Å². The molecule has 0 unspecified atom stereocenters. The number of anilines is 1. The normalized spacial score (nSPS) is 19.0. The van der Waals surface area contributed by atoms with E-state index in [0.29, 0.717) is 16.9 Å². The number of nitrogens with zero attached hydrogens (tertiary/aromatic N) is 3. The minimum atomic E-state index is -4.49. The number of hydrogen-bond acceptors (Lipinski definition) is 4. The van der Waals surface area contributed by atoms with Crippen molar-refractivity contribution in [3.05, 3.63) is 65.5 Å². The van der Waals surface area contributed by atoms with E-state index in [1.165, 1.54) is 10.5 Å². The zero-order valence-corrected chi connectivity index (χ0v) is 16.5. The van der Waals surface area contributed by atoms with Gasteiger partial charge in [-0.25, -0.2) is 4.98 Å². The molecule has 2 N–H and O–H groups in total. The molecule has 1 aliphatic carbocycles. The van der Waals surface area contributed by atoms with E-state index in [2.05, 4.69) is 15.6 Å². The Balaban J connectivity index is 1.37. The van der Waals surface area contributed by atoms with E-state index >= 15 is 0 Å². The maximum Gasteiger partial charge on any atom is 0.434 e. The number of hydrogen-bond donors (Lipinski definition) is 2. The molecule has 9 heteroatoms. The van der Waals surface area contributed by atoms with Gasteiger partial charge in [-0.15, -0.1) is 0 Å². The van der Waals surface area contributed by atoms with Crippen LogP contribution < -0.4 is 10.6 Å². The van der Waals surface area contributed by atoms with Gasteiger partial charge >= 0.3 is 6.18 Å². The molecule has 4 rings (SSSR count). The summed E-state index contributed by atoms with van der Waals surface area (Å²) in [5.74, 6) is 0.345. The van der Waals surface area contributed by atoms with Crippen LogP contribution in [0.2, 0.25) is 0 Å². The first kappa shape index (κ1) is 20.7. The van der Waals surface area contributed by atoms with E-state index in [1.54, 1.807) is 36.4 Å². The molecular weight excluding hydrogens is 407 g/mol. The summed E-state index contributed by atoms with van der Waals surface area (Å²) < 4.78 is 40.4. The number of fused-ring (bicyclic) bond motifs is 1. The largest absolute Gasteiger partial charge is 0.434 e. The van der Waals surface area contributed by atoms with Gasteiger partial charge in [0.15, 0.2) is 5.69 Å². The molecule has 2 heterocycles. The van der Waals surface area contributed by atoms with Crippen LogP contribution in [0.15, 0.2) is 48.7 Å². The molecule has 31 heavy (non-hydrogen) atoms. The molecule has 1 fully saturated rings. The van der Waals surface area contributed by atoms with Crippen LogP contribution in [0.25, 0.3) is 5.65 Å². The van der Waals surface area contributed by atoms with E-state index in [-0.39, 0.29) is 23.6 Å². The summed E-state index contributed by atoms with van der Waals surface area (Å²) in [6, 6.07) is 13.6. The van der Waals surface area contributed by atoms with Crippen LogP contribution in [0.4, 0.5) is 19.0 Å². The molecule has 1 aliphatic rings. The minimum Gasteiger partial charge on any atom is -0.368 e. The van der Waals surface area contributed by atoms with Gasteiger partial charge < -0.3 is 10.6 Å². The van der Waals surface area contributed by atoms with Crippen LogP contribution in [0.5, 0.6) is 0 Å². The van der Waals surface area contributed by atoms with Crippen molar-refractivity contribution in [2.75, 3.05) is 5.32 Å². The van der Waals surface area contributed by atoms with Gasteiger partial charge in [-0.05, 0) is 56.0 Å². The molecule has 1 aromatic carbocycles. The van der Waals surface area contributed by atoms with Gasteiger partial charge in [0, 0.05) is 23.8 Å². The molecule has 160 valence electrons. The van der Waals surface area contributed by atoms with Gasteiger partial charge in [-0.3, -0.25) is 9.20 Å². The van der Waals surface area contributed by atoms with Gasteiger partial charge in [-0.2, -0.15) is 18.4 Å². The Labute approximate surface area is 176 Å². The van der Waals surface area contributed by atoms with Gasteiger partial charge in [0.2, 0.25) is 0 Å². The number of rotatable bonds is 4. The Morgan fingerprint density at radius 1 is 1.10 bits per heavy atom. The smallest absolute Gasteiger partial charge is 0.368 e. The van der Waals surface area contributed by atoms with Crippen LogP contribution in [-0.2, 0) is 6.18 Å². The zero-order chi connectivity index (χ0) is 22.0. The minimum absolute atomic E-state index is 0.0113. The van der Waals surface area contributed by atoms with E-state index in [0.717, 1.165) is 31.9 Å².